The molecular weight excluding hydrogens is 293 g/mol. The Hall–Kier alpha value is -1.17. The van der Waals surface area contributed by atoms with Gasteiger partial charge < -0.3 is 11.1 Å². The molecule has 0 aromatic heterocycles. The van der Waals surface area contributed by atoms with Crippen molar-refractivity contribution in [2.24, 2.45) is 11.7 Å². The first kappa shape index (κ1) is 17.9. The second-order valence-electron chi connectivity index (χ2n) is 5.61. The van der Waals surface area contributed by atoms with Crippen molar-refractivity contribution in [3.05, 3.63) is 29.0 Å². The Bertz CT molecular complexity index is 482. The molecule has 0 aliphatic carbocycles. The molecule has 0 fully saturated rings. The lowest BCUT2D eigenvalue weighted by atomic mass is 10.0. The van der Waals surface area contributed by atoms with Gasteiger partial charge in [0.05, 0.1) is 12.2 Å². The van der Waals surface area contributed by atoms with E-state index in [9.17, 15) is 9.18 Å². The number of halogens is 2. The van der Waals surface area contributed by atoms with Crippen molar-refractivity contribution in [3.63, 3.8) is 0 Å². The summed E-state index contributed by atoms with van der Waals surface area (Å²) in [6.07, 6.45) is 0.816. The van der Waals surface area contributed by atoms with Crippen LogP contribution in [0, 0.1) is 11.7 Å². The maximum atomic E-state index is 13.6. The quantitative estimate of drug-likeness (QED) is 0.813. The summed E-state index contributed by atoms with van der Waals surface area (Å²) in [5.41, 5.74) is 6.10. The number of hydrogen-bond donors (Lipinski definition) is 2. The summed E-state index contributed by atoms with van der Waals surface area (Å²) >= 11 is 5.66. The Balaban J connectivity index is 2.42. The smallest absolute Gasteiger partial charge is 0.238 e. The third-order valence-corrected chi connectivity index (χ3v) is 3.55. The summed E-state index contributed by atoms with van der Waals surface area (Å²) in [5.74, 6) is -0.396. The van der Waals surface area contributed by atoms with E-state index in [1.54, 1.807) is 0 Å². The van der Waals surface area contributed by atoms with Crippen LogP contribution in [-0.2, 0) is 4.79 Å². The van der Waals surface area contributed by atoms with E-state index in [1.807, 2.05) is 11.9 Å². The molecule has 118 valence electrons. The van der Waals surface area contributed by atoms with E-state index < -0.39 is 5.82 Å². The lowest BCUT2D eigenvalue weighted by Crippen LogP contribution is -2.35. The Morgan fingerprint density at radius 2 is 2.14 bits per heavy atom. The van der Waals surface area contributed by atoms with E-state index >= 15 is 0 Å². The van der Waals surface area contributed by atoms with Crippen LogP contribution in [0.3, 0.4) is 0 Å². The van der Waals surface area contributed by atoms with Gasteiger partial charge in [0.15, 0.2) is 0 Å². The van der Waals surface area contributed by atoms with Gasteiger partial charge in [-0.1, -0.05) is 25.4 Å². The molecule has 21 heavy (non-hydrogen) atoms. The van der Waals surface area contributed by atoms with Crippen LogP contribution in [0.5, 0.6) is 0 Å². The minimum Gasteiger partial charge on any atom is -0.327 e. The largest absolute Gasteiger partial charge is 0.327 e. The number of anilines is 1. The Labute approximate surface area is 130 Å². The molecule has 1 atom stereocenters. The number of amides is 1. The fraction of sp³-hybridized carbons (Fsp3) is 0.533. The van der Waals surface area contributed by atoms with E-state index in [2.05, 4.69) is 19.2 Å². The number of benzene rings is 1. The van der Waals surface area contributed by atoms with Crippen LogP contribution >= 0.6 is 11.6 Å². The monoisotopic (exact) mass is 315 g/mol. The maximum absolute atomic E-state index is 13.6. The van der Waals surface area contributed by atoms with Crippen molar-refractivity contribution < 1.29 is 9.18 Å². The van der Waals surface area contributed by atoms with Crippen LogP contribution in [0.2, 0.25) is 5.02 Å². The van der Waals surface area contributed by atoms with Crippen LogP contribution in [0.15, 0.2) is 18.2 Å². The average molecular weight is 316 g/mol. The molecule has 0 spiro atoms. The van der Waals surface area contributed by atoms with Crippen LogP contribution < -0.4 is 11.1 Å². The Morgan fingerprint density at radius 3 is 2.71 bits per heavy atom. The van der Waals surface area contributed by atoms with Gasteiger partial charge in [0, 0.05) is 11.1 Å². The molecule has 0 saturated heterocycles. The van der Waals surface area contributed by atoms with Crippen molar-refractivity contribution in [3.8, 4) is 0 Å². The number of nitrogens with zero attached hydrogens (tertiary/aromatic N) is 1. The fourth-order valence-electron chi connectivity index (χ4n) is 1.81. The van der Waals surface area contributed by atoms with Gasteiger partial charge in [-0.25, -0.2) is 4.39 Å². The van der Waals surface area contributed by atoms with Gasteiger partial charge in [-0.15, -0.1) is 0 Å². The van der Waals surface area contributed by atoms with E-state index in [4.69, 9.17) is 17.3 Å². The summed E-state index contributed by atoms with van der Waals surface area (Å²) in [6, 6.07) is 4.27. The van der Waals surface area contributed by atoms with Crippen LogP contribution in [0.1, 0.15) is 20.3 Å². The zero-order valence-corrected chi connectivity index (χ0v) is 13.5. The van der Waals surface area contributed by atoms with Gasteiger partial charge in [-0.2, -0.15) is 0 Å². The number of nitrogens with two attached hydrogens (primary N) is 1. The van der Waals surface area contributed by atoms with Crippen molar-refractivity contribution in [2.45, 2.75) is 26.3 Å². The molecule has 1 rings (SSSR count). The standard InChI is InChI=1S/C15H23ClFN3O/c1-10(2)13(18)6-7-20(3)9-15(21)19-14-5-4-11(16)8-12(14)17/h4-5,8,10,13H,6-7,9,18H2,1-3H3,(H,19,21). The number of hydrogen-bond acceptors (Lipinski definition) is 3. The first-order valence-electron chi connectivity index (χ1n) is 6.98. The number of carbonyl (C=O) groups is 1. The molecule has 0 aliphatic heterocycles. The molecule has 4 nitrogen and oxygen atoms in total. The first-order chi connectivity index (χ1) is 9.79. The number of likely N-dealkylation sites (N-methyl/N-ethyl adjacent to an activating group) is 1. The van der Waals surface area contributed by atoms with Gasteiger partial charge in [0.25, 0.3) is 0 Å². The van der Waals surface area contributed by atoms with E-state index in [-0.39, 0.29) is 24.2 Å². The minimum absolute atomic E-state index is 0.115. The van der Waals surface area contributed by atoms with Gasteiger partial charge in [-0.3, -0.25) is 9.69 Å². The molecule has 1 amide bonds. The highest BCUT2D eigenvalue weighted by Gasteiger charge is 2.12. The van der Waals surface area contributed by atoms with Crippen molar-refractivity contribution in [1.29, 1.82) is 0 Å². The summed E-state index contributed by atoms with van der Waals surface area (Å²) in [6.45, 7) is 5.05. The molecule has 1 aromatic rings. The normalized spacial score (nSPS) is 12.8. The molecule has 1 aromatic carbocycles. The molecule has 6 heteroatoms. The first-order valence-corrected chi connectivity index (χ1v) is 7.36. The van der Waals surface area contributed by atoms with E-state index in [1.165, 1.54) is 18.2 Å². The summed E-state index contributed by atoms with van der Waals surface area (Å²) in [4.78, 5) is 13.7. The highest BCUT2D eigenvalue weighted by molar-refractivity contribution is 6.30. The molecule has 3 N–H and O–H groups in total. The Morgan fingerprint density at radius 1 is 1.48 bits per heavy atom. The third-order valence-electron chi connectivity index (χ3n) is 3.32. The highest BCUT2D eigenvalue weighted by atomic mass is 35.5. The van der Waals surface area contributed by atoms with Crippen LogP contribution in [0.25, 0.3) is 0 Å². The van der Waals surface area contributed by atoms with E-state index in [0.717, 1.165) is 13.0 Å². The molecule has 0 radical (unpaired) electrons. The second-order valence-corrected chi connectivity index (χ2v) is 6.04. The van der Waals surface area contributed by atoms with Crippen LogP contribution in [0.4, 0.5) is 10.1 Å². The van der Waals surface area contributed by atoms with Crippen molar-refractivity contribution in [1.82, 2.24) is 4.90 Å². The Kier molecular flexibility index (Phi) is 7.08. The fourth-order valence-corrected chi connectivity index (χ4v) is 1.97. The topological polar surface area (TPSA) is 58.4 Å². The summed E-state index contributed by atoms with van der Waals surface area (Å²) in [5, 5.41) is 2.83. The van der Waals surface area contributed by atoms with Crippen molar-refractivity contribution in [2.75, 3.05) is 25.5 Å². The molecule has 1 unspecified atom stereocenters. The lowest BCUT2D eigenvalue weighted by Gasteiger charge is -2.21. The number of rotatable bonds is 7. The zero-order valence-electron chi connectivity index (χ0n) is 12.7. The molecule has 0 aliphatic rings. The molecular formula is C15H23ClFN3O. The maximum Gasteiger partial charge on any atom is 0.238 e. The summed E-state index contributed by atoms with van der Waals surface area (Å²) < 4.78 is 13.6. The second kappa shape index (κ2) is 8.32. The molecule has 0 bridgehead atoms. The SMILES string of the molecule is CC(C)C(N)CCN(C)CC(=O)Nc1ccc(Cl)cc1F. The van der Waals surface area contributed by atoms with Crippen molar-refractivity contribution >= 4 is 23.2 Å². The third kappa shape index (κ3) is 6.42. The molecule has 0 heterocycles. The van der Waals surface area contributed by atoms with Crippen LogP contribution in [-0.4, -0.2) is 37.0 Å². The minimum atomic E-state index is -0.541. The van der Waals surface area contributed by atoms with Gasteiger partial charge in [-0.05, 0) is 44.1 Å². The lowest BCUT2D eigenvalue weighted by molar-refractivity contribution is -0.117. The number of carbonyl (C=O) groups excluding carboxylic acids is 1. The van der Waals surface area contributed by atoms with Gasteiger partial charge in [0.2, 0.25) is 5.91 Å². The predicted octanol–water partition coefficient (Wildman–Crippen LogP) is 2.72. The molecule has 0 saturated carbocycles. The van der Waals surface area contributed by atoms with Gasteiger partial charge >= 0.3 is 0 Å². The zero-order chi connectivity index (χ0) is 16.0. The average Bonchev–Trinajstić information content (AvgIpc) is 2.39. The predicted molar refractivity (Wildman–Crippen MR) is 85.0 cm³/mol. The van der Waals surface area contributed by atoms with Gasteiger partial charge in [0.1, 0.15) is 5.82 Å². The highest BCUT2D eigenvalue weighted by Crippen LogP contribution is 2.18. The van der Waals surface area contributed by atoms with E-state index in [0.29, 0.717) is 10.9 Å². The number of nitrogens with one attached hydrogen (secondary N) is 1. The summed E-state index contributed by atoms with van der Waals surface area (Å²) in [7, 11) is 1.84.